The van der Waals surface area contributed by atoms with Crippen LogP contribution in [0, 0.1) is 12.7 Å². The Morgan fingerprint density at radius 2 is 2.20 bits per heavy atom. The first-order valence-electron chi connectivity index (χ1n) is 6.12. The van der Waals surface area contributed by atoms with Gasteiger partial charge < -0.3 is 9.30 Å². The van der Waals surface area contributed by atoms with E-state index in [1.807, 2.05) is 0 Å². The summed E-state index contributed by atoms with van der Waals surface area (Å²) in [4.78, 5) is 16.1. The topological polar surface area (TPSA) is 44.1 Å². The number of aromatic nitrogens is 2. The predicted molar refractivity (Wildman–Crippen MR) is 74.3 cm³/mol. The van der Waals surface area contributed by atoms with Gasteiger partial charge in [0.1, 0.15) is 11.5 Å². The molecule has 4 nitrogen and oxygen atoms in total. The Hall–Kier alpha value is -1.88. The maximum absolute atomic E-state index is 14.1. The number of carbonyl (C=O) groups is 1. The van der Waals surface area contributed by atoms with Gasteiger partial charge in [0, 0.05) is 7.05 Å². The number of benzene rings is 1. The van der Waals surface area contributed by atoms with Crippen molar-refractivity contribution in [2.24, 2.45) is 7.05 Å². The lowest BCUT2D eigenvalue weighted by Crippen LogP contribution is -2.11. The maximum Gasteiger partial charge on any atom is 0.356 e. The second kappa shape index (κ2) is 5.63. The van der Waals surface area contributed by atoms with Crippen LogP contribution in [-0.4, -0.2) is 22.1 Å². The third-order valence-corrected chi connectivity index (χ3v) is 3.22. The Kier molecular flexibility index (Phi) is 4.09. The number of aryl methyl sites for hydroxylation is 1. The molecule has 0 aliphatic carbocycles. The molecule has 6 heteroatoms. The van der Waals surface area contributed by atoms with Gasteiger partial charge in [-0.15, -0.1) is 0 Å². The quantitative estimate of drug-likeness (QED) is 0.816. The van der Waals surface area contributed by atoms with E-state index in [1.54, 1.807) is 33.0 Å². The SMILES string of the molecule is CCOC(=O)c1c(C)nc(-c2cccc(Cl)c2F)n1C. The molecule has 0 saturated carbocycles. The van der Waals surface area contributed by atoms with Crippen molar-refractivity contribution in [3.63, 3.8) is 0 Å². The summed E-state index contributed by atoms with van der Waals surface area (Å²) >= 11 is 5.77. The van der Waals surface area contributed by atoms with E-state index in [4.69, 9.17) is 16.3 Å². The van der Waals surface area contributed by atoms with Gasteiger partial charge in [-0.3, -0.25) is 0 Å². The van der Waals surface area contributed by atoms with Crippen LogP contribution in [-0.2, 0) is 11.8 Å². The first-order chi connectivity index (χ1) is 9.47. The molecule has 0 N–H and O–H groups in total. The lowest BCUT2D eigenvalue weighted by Gasteiger charge is -2.07. The van der Waals surface area contributed by atoms with Gasteiger partial charge in [-0.25, -0.2) is 14.2 Å². The Morgan fingerprint density at radius 1 is 1.50 bits per heavy atom. The minimum absolute atomic E-state index is 0.0147. The van der Waals surface area contributed by atoms with Crippen LogP contribution in [0.4, 0.5) is 4.39 Å². The lowest BCUT2D eigenvalue weighted by atomic mass is 10.2. The highest BCUT2D eigenvalue weighted by atomic mass is 35.5. The van der Waals surface area contributed by atoms with Crippen LogP contribution >= 0.6 is 11.6 Å². The fourth-order valence-corrected chi connectivity index (χ4v) is 2.21. The molecular formula is C14H14ClFN2O2. The summed E-state index contributed by atoms with van der Waals surface area (Å²) in [5.41, 5.74) is 1.04. The molecule has 0 unspecified atom stereocenters. The molecular weight excluding hydrogens is 283 g/mol. The first-order valence-corrected chi connectivity index (χ1v) is 6.50. The molecule has 0 radical (unpaired) electrons. The van der Waals surface area contributed by atoms with Crippen LogP contribution in [0.15, 0.2) is 18.2 Å². The highest BCUT2D eigenvalue weighted by molar-refractivity contribution is 6.31. The van der Waals surface area contributed by atoms with Gasteiger partial charge in [0.25, 0.3) is 0 Å². The van der Waals surface area contributed by atoms with Gasteiger partial charge in [-0.1, -0.05) is 17.7 Å². The molecule has 2 rings (SSSR count). The normalized spacial score (nSPS) is 10.7. The van der Waals surface area contributed by atoms with E-state index in [0.29, 0.717) is 17.2 Å². The molecule has 1 heterocycles. The fraction of sp³-hybridized carbons (Fsp3) is 0.286. The minimum Gasteiger partial charge on any atom is -0.461 e. The summed E-state index contributed by atoms with van der Waals surface area (Å²) in [7, 11) is 1.64. The number of esters is 1. The average molecular weight is 297 g/mol. The van der Waals surface area contributed by atoms with Gasteiger partial charge in [0.05, 0.1) is 22.9 Å². The molecule has 0 aliphatic heterocycles. The number of rotatable bonds is 3. The van der Waals surface area contributed by atoms with Crippen molar-refractivity contribution in [1.29, 1.82) is 0 Å². The second-order valence-corrected chi connectivity index (χ2v) is 4.66. The van der Waals surface area contributed by atoms with Crippen LogP contribution in [0.2, 0.25) is 5.02 Å². The van der Waals surface area contributed by atoms with Crippen LogP contribution in [0.3, 0.4) is 0 Å². The molecule has 0 saturated heterocycles. The Morgan fingerprint density at radius 3 is 2.85 bits per heavy atom. The summed E-state index contributed by atoms with van der Waals surface area (Å²) in [5.74, 6) is -0.697. The van der Waals surface area contributed by atoms with Crippen molar-refractivity contribution in [3.05, 3.63) is 40.4 Å². The van der Waals surface area contributed by atoms with Crippen LogP contribution in [0.1, 0.15) is 23.1 Å². The maximum atomic E-state index is 14.1. The lowest BCUT2D eigenvalue weighted by molar-refractivity contribution is 0.0514. The van der Waals surface area contributed by atoms with Crippen LogP contribution in [0.25, 0.3) is 11.4 Å². The molecule has 0 spiro atoms. The second-order valence-electron chi connectivity index (χ2n) is 4.25. The average Bonchev–Trinajstić information content (AvgIpc) is 2.68. The Labute approximate surface area is 121 Å². The summed E-state index contributed by atoms with van der Waals surface area (Å²) in [5, 5.41) is 0.0147. The Balaban J connectivity index is 2.57. The van der Waals surface area contributed by atoms with Gasteiger partial charge in [-0.05, 0) is 26.0 Å². The van der Waals surface area contributed by atoms with Gasteiger partial charge in [0.15, 0.2) is 5.82 Å². The number of nitrogens with zero attached hydrogens (tertiary/aromatic N) is 2. The van der Waals surface area contributed by atoms with Crippen molar-refractivity contribution in [1.82, 2.24) is 9.55 Å². The van der Waals surface area contributed by atoms with Gasteiger partial charge in [0.2, 0.25) is 0 Å². The van der Waals surface area contributed by atoms with Crippen molar-refractivity contribution in [2.45, 2.75) is 13.8 Å². The molecule has 1 aromatic carbocycles. The number of hydrogen-bond acceptors (Lipinski definition) is 3. The van der Waals surface area contributed by atoms with E-state index in [0.717, 1.165) is 0 Å². The zero-order valence-corrected chi connectivity index (χ0v) is 12.2. The standard InChI is InChI=1S/C14H14ClFN2O2/c1-4-20-14(19)12-8(2)17-13(18(12)3)9-6-5-7-10(15)11(9)16/h5-7H,4H2,1-3H3. The third kappa shape index (κ3) is 2.41. The third-order valence-electron chi connectivity index (χ3n) is 2.93. The van der Waals surface area contributed by atoms with E-state index in [9.17, 15) is 9.18 Å². The monoisotopic (exact) mass is 296 g/mol. The van der Waals surface area contributed by atoms with E-state index >= 15 is 0 Å². The highest BCUT2D eigenvalue weighted by Crippen LogP contribution is 2.28. The van der Waals surface area contributed by atoms with Crippen molar-refractivity contribution in [3.8, 4) is 11.4 Å². The number of halogens is 2. The van der Waals surface area contributed by atoms with Gasteiger partial charge in [-0.2, -0.15) is 0 Å². The molecule has 1 aromatic heterocycles. The molecule has 0 bridgehead atoms. The number of carbonyl (C=O) groups excluding carboxylic acids is 1. The molecule has 0 fully saturated rings. The molecule has 0 aliphatic rings. The molecule has 0 atom stereocenters. The smallest absolute Gasteiger partial charge is 0.356 e. The summed E-state index contributed by atoms with van der Waals surface area (Å²) in [6.45, 7) is 3.67. The summed E-state index contributed by atoms with van der Waals surface area (Å²) < 4.78 is 20.5. The fourth-order valence-electron chi connectivity index (χ4n) is 2.04. The van der Waals surface area contributed by atoms with Crippen molar-refractivity contribution < 1.29 is 13.9 Å². The molecule has 0 amide bonds. The number of imidazole rings is 1. The molecule has 106 valence electrons. The van der Waals surface area contributed by atoms with Crippen LogP contribution in [0.5, 0.6) is 0 Å². The largest absolute Gasteiger partial charge is 0.461 e. The predicted octanol–water partition coefficient (Wildman–Crippen LogP) is 3.36. The summed E-state index contributed by atoms with van der Waals surface area (Å²) in [6, 6.07) is 4.66. The minimum atomic E-state index is -0.558. The molecule has 20 heavy (non-hydrogen) atoms. The van der Waals surface area contributed by atoms with Crippen LogP contribution < -0.4 is 0 Å². The number of hydrogen-bond donors (Lipinski definition) is 0. The van der Waals surface area contributed by atoms with Gasteiger partial charge >= 0.3 is 5.97 Å². The van der Waals surface area contributed by atoms with E-state index < -0.39 is 11.8 Å². The Bertz CT molecular complexity index is 667. The highest BCUT2D eigenvalue weighted by Gasteiger charge is 2.22. The number of ether oxygens (including phenoxy) is 1. The van der Waals surface area contributed by atoms with Crippen molar-refractivity contribution in [2.75, 3.05) is 6.61 Å². The summed E-state index contributed by atoms with van der Waals surface area (Å²) in [6.07, 6.45) is 0. The van der Waals surface area contributed by atoms with E-state index in [-0.39, 0.29) is 17.2 Å². The van der Waals surface area contributed by atoms with E-state index in [2.05, 4.69) is 4.98 Å². The molecule has 2 aromatic rings. The van der Waals surface area contributed by atoms with Crippen molar-refractivity contribution >= 4 is 17.6 Å². The zero-order chi connectivity index (χ0) is 14.9. The van der Waals surface area contributed by atoms with E-state index in [1.165, 1.54) is 10.6 Å². The first kappa shape index (κ1) is 14.5. The zero-order valence-electron chi connectivity index (χ0n) is 11.4.